The Morgan fingerprint density at radius 1 is 1.15 bits per heavy atom. The van der Waals surface area contributed by atoms with E-state index in [1.54, 1.807) is 47.4 Å². The van der Waals surface area contributed by atoms with Gasteiger partial charge in [0.1, 0.15) is 0 Å². The Labute approximate surface area is 198 Å². The first-order valence-electron chi connectivity index (χ1n) is 10.9. The Balaban J connectivity index is 1.43. The lowest BCUT2D eigenvalue weighted by Gasteiger charge is -2.20. The van der Waals surface area contributed by atoms with Crippen LogP contribution in [0.4, 0.5) is 5.69 Å². The maximum Gasteiger partial charge on any atom is 0.243 e. The Kier molecular flexibility index (Phi) is 6.83. The minimum absolute atomic E-state index is 0.0701. The second kappa shape index (κ2) is 9.62. The number of fused-ring (bicyclic) bond motifs is 1. The van der Waals surface area contributed by atoms with E-state index in [1.807, 2.05) is 13.8 Å². The summed E-state index contributed by atoms with van der Waals surface area (Å²) in [7, 11) is -3.53. The zero-order valence-corrected chi connectivity index (χ0v) is 20.1. The van der Waals surface area contributed by atoms with Gasteiger partial charge in [-0.2, -0.15) is 9.29 Å². The molecule has 2 heterocycles. The SMILES string of the molecule is CCN(CC)S(=O)(=O)c1ccc2c(c1)CCN2C(=O)CCc1nc(-c2ccc(Cl)cc2)no1. The van der Waals surface area contributed by atoms with Gasteiger partial charge >= 0.3 is 0 Å². The number of amides is 1. The summed E-state index contributed by atoms with van der Waals surface area (Å²) in [5.74, 6) is 0.760. The molecule has 0 atom stereocenters. The zero-order valence-electron chi connectivity index (χ0n) is 18.5. The quantitative estimate of drug-likeness (QED) is 0.476. The van der Waals surface area contributed by atoms with E-state index in [1.165, 1.54) is 4.31 Å². The molecule has 1 amide bonds. The predicted molar refractivity (Wildman–Crippen MR) is 126 cm³/mol. The molecular weight excluding hydrogens is 464 g/mol. The van der Waals surface area contributed by atoms with Crippen LogP contribution < -0.4 is 4.90 Å². The van der Waals surface area contributed by atoms with Gasteiger partial charge in [-0.25, -0.2) is 8.42 Å². The van der Waals surface area contributed by atoms with Crippen LogP contribution in [0.15, 0.2) is 51.9 Å². The lowest BCUT2D eigenvalue weighted by atomic mass is 10.2. The second-order valence-electron chi connectivity index (χ2n) is 7.69. The predicted octanol–water partition coefficient (Wildman–Crippen LogP) is 3.94. The van der Waals surface area contributed by atoms with Crippen LogP contribution in [0.25, 0.3) is 11.4 Å². The van der Waals surface area contributed by atoms with Crippen LogP contribution in [0, 0.1) is 0 Å². The zero-order chi connectivity index (χ0) is 23.6. The highest BCUT2D eigenvalue weighted by Crippen LogP contribution is 2.32. The van der Waals surface area contributed by atoms with Crippen LogP contribution in [0.2, 0.25) is 5.02 Å². The van der Waals surface area contributed by atoms with Crippen molar-refractivity contribution >= 4 is 33.2 Å². The Bertz CT molecular complexity index is 1250. The highest BCUT2D eigenvalue weighted by molar-refractivity contribution is 7.89. The lowest BCUT2D eigenvalue weighted by molar-refractivity contribution is -0.118. The highest BCUT2D eigenvalue weighted by atomic mass is 35.5. The largest absolute Gasteiger partial charge is 0.339 e. The number of hydrogen-bond donors (Lipinski definition) is 0. The van der Waals surface area contributed by atoms with Crippen molar-refractivity contribution in [3.8, 4) is 11.4 Å². The maximum absolute atomic E-state index is 12.9. The van der Waals surface area contributed by atoms with Crippen molar-refractivity contribution in [1.29, 1.82) is 0 Å². The van der Waals surface area contributed by atoms with Crippen LogP contribution in [0.1, 0.15) is 31.7 Å². The number of halogens is 1. The van der Waals surface area contributed by atoms with Gasteiger partial charge < -0.3 is 9.42 Å². The fourth-order valence-electron chi connectivity index (χ4n) is 3.93. The Morgan fingerprint density at radius 3 is 2.58 bits per heavy atom. The molecule has 0 N–H and O–H groups in total. The number of hydrogen-bond acceptors (Lipinski definition) is 6. The van der Waals surface area contributed by atoms with E-state index in [-0.39, 0.29) is 17.2 Å². The number of nitrogens with zero attached hydrogens (tertiary/aromatic N) is 4. The number of anilines is 1. The molecule has 8 nitrogen and oxygen atoms in total. The Hall–Kier alpha value is -2.75. The van der Waals surface area contributed by atoms with Crippen molar-refractivity contribution in [2.45, 2.75) is 38.0 Å². The summed E-state index contributed by atoms with van der Waals surface area (Å²) >= 11 is 5.91. The topological polar surface area (TPSA) is 96.6 Å². The second-order valence-corrected chi connectivity index (χ2v) is 10.1. The van der Waals surface area contributed by atoms with E-state index in [0.29, 0.717) is 49.2 Å². The number of sulfonamides is 1. The smallest absolute Gasteiger partial charge is 0.243 e. The average Bonchev–Trinajstić information content (AvgIpc) is 3.45. The highest BCUT2D eigenvalue weighted by Gasteiger charge is 2.28. The summed E-state index contributed by atoms with van der Waals surface area (Å²) in [4.78, 5) is 19.2. The van der Waals surface area contributed by atoms with Crippen molar-refractivity contribution in [3.05, 3.63) is 58.9 Å². The molecule has 0 fully saturated rings. The monoisotopic (exact) mass is 488 g/mol. The summed E-state index contributed by atoms with van der Waals surface area (Å²) in [5, 5.41) is 4.60. The molecule has 0 radical (unpaired) electrons. The van der Waals surface area contributed by atoms with Gasteiger partial charge in [0.25, 0.3) is 0 Å². The van der Waals surface area contributed by atoms with Crippen molar-refractivity contribution in [1.82, 2.24) is 14.4 Å². The third-order valence-corrected chi connectivity index (χ3v) is 8.01. The van der Waals surface area contributed by atoms with Gasteiger partial charge in [-0.15, -0.1) is 0 Å². The molecule has 1 aromatic heterocycles. The number of rotatable bonds is 8. The molecule has 0 saturated carbocycles. The van der Waals surface area contributed by atoms with Gasteiger partial charge in [-0.3, -0.25) is 4.79 Å². The molecule has 174 valence electrons. The molecule has 2 aromatic carbocycles. The van der Waals surface area contributed by atoms with E-state index < -0.39 is 10.0 Å². The number of aromatic nitrogens is 2. The minimum Gasteiger partial charge on any atom is -0.339 e. The van der Waals surface area contributed by atoms with Crippen LogP contribution in [0.5, 0.6) is 0 Å². The summed E-state index contributed by atoms with van der Waals surface area (Å²) in [6, 6.07) is 12.1. The molecule has 1 aliphatic heterocycles. The van der Waals surface area contributed by atoms with Crippen molar-refractivity contribution in [2.75, 3.05) is 24.5 Å². The number of benzene rings is 2. The van der Waals surface area contributed by atoms with Crippen LogP contribution in [0.3, 0.4) is 0 Å². The molecule has 4 rings (SSSR count). The van der Waals surface area contributed by atoms with E-state index >= 15 is 0 Å². The molecule has 0 spiro atoms. The van der Waals surface area contributed by atoms with Crippen LogP contribution in [-0.4, -0.2) is 48.4 Å². The number of carbonyl (C=O) groups is 1. The standard InChI is InChI=1S/C23H25ClN4O4S/c1-3-27(4-2)33(30,31)19-9-10-20-17(15-19)13-14-28(20)22(29)12-11-21-25-23(26-32-21)16-5-7-18(24)8-6-16/h5-10,15H,3-4,11-14H2,1-2H3. The summed E-state index contributed by atoms with van der Waals surface area (Å²) in [6.45, 7) is 4.97. The van der Waals surface area contributed by atoms with Crippen molar-refractivity contribution in [3.63, 3.8) is 0 Å². The van der Waals surface area contributed by atoms with Gasteiger partial charge in [0.05, 0.1) is 4.90 Å². The average molecular weight is 489 g/mol. The normalized spacial score (nSPS) is 13.5. The third kappa shape index (κ3) is 4.80. The molecule has 0 unspecified atom stereocenters. The van der Waals surface area contributed by atoms with E-state index in [0.717, 1.165) is 16.8 Å². The van der Waals surface area contributed by atoms with Crippen LogP contribution >= 0.6 is 11.6 Å². The van der Waals surface area contributed by atoms with E-state index in [9.17, 15) is 13.2 Å². The third-order valence-electron chi connectivity index (χ3n) is 5.71. The Morgan fingerprint density at radius 2 is 1.88 bits per heavy atom. The summed E-state index contributed by atoms with van der Waals surface area (Å²) in [6.07, 6.45) is 1.14. The fraction of sp³-hybridized carbons (Fsp3) is 0.348. The number of carbonyl (C=O) groups excluding carboxylic acids is 1. The molecule has 33 heavy (non-hydrogen) atoms. The molecule has 0 saturated heterocycles. The van der Waals surface area contributed by atoms with E-state index in [2.05, 4.69) is 10.1 Å². The van der Waals surface area contributed by atoms with Gasteiger partial charge in [-0.1, -0.05) is 30.6 Å². The van der Waals surface area contributed by atoms with Gasteiger partial charge in [-0.05, 0) is 54.4 Å². The van der Waals surface area contributed by atoms with Gasteiger partial charge in [0.15, 0.2) is 0 Å². The van der Waals surface area contributed by atoms with Crippen LogP contribution in [-0.2, 0) is 27.7 Å². The van der Waals surface area contributed by atoms with E-state index in [4.69, 9.17) is 16.1 Å². The molecule has 3 aromatic rings. The molecule has 10 heteroatoms. The first kappa shape index (κ1) is 23.4. The molecule has 0 bridgehead atoms. The number of aryl methyl sites for hydroxylation is 1. The summed E-state index contributed by atoms with van der Waals surface area (Å²) < 4.78 is 32.3. The van der Waals surface area contributed by atoms with Gasteiger partial charge in [0, 0.05) is 48.7 Å². The lowest BCUT2D eigenvalue weighted by Crippen LogP contribution is -2.30. The first-order chi connectivity index (χ1) is 15.8. The van der Waals surface area contributed by atoms with Gasteiger partial charge in [0.2, 0.25) is 27.6 Å². The minimum atomic E-state index is -3.53. The molecule has 0 aliphatic carbocycles. The molecule has 1 aliphatic rings. The van der Waals surface area contributed by atoms with Crippen molar-refractivity contribution in [2.24, 2.45) is 0 Å². The summed E-state index contributed by atoms with van der Waals surface area (Å²) in [5.41, 5.74) is 2.40. The molecular formula is C23H25ClN4O4S. The first-order valence-corrected chi connectivity index (χ1v) is 12.7. The maximum atomic E-state index is 12.9. The van der Waals surface area contributed by atoms with Crippen molar-refractivity contribution < 1.29 is 17.7 Å². The fourth-order valence-corrected chi connectivity index (χ4v) is 5.57.